The summed E-state index contributed by atoms with van der Waals surface area (Å²) in [5.41, 5.74) is -2.35. The van der Waals surface area contributed by atoms with Crippen molar-refractivity contribution in [2.45, 2.75) is 12.5 Å². The van der Waals surface area contributed by atoms with E-state index in [1.54, 1.807) is 0 Å². The number of alkyl halides is 6. The van der Waals surface area contributed by atoms with Crippen molar-refractivity contribution in [3.8, 4) is 22.1 Å². The van der Waals surface area contributed by atoms with E-state index in [9.17, 15) is 31.1 Å². The van der Waals surface area contributed by atoms with Crippen LogP contribution < -0.4 is 4.74 Å². The largest absolute Gasteiger partial charge is 0.573 e. The SMILES string of the molecule is O=C(O)c1cnn(-c2nc(-c3cccc(OC(F)(F)F)c3)cs2)c1C(F)(F)F. The number of aromatic nitrogens is 3. The van der Waals surface area contributed by atoms with Gasteiger partial charge in [0.2, 0.25) is 5.13 Å². The van der Waals surface area contributed by atoms with E-state index in [4.69, 9.17) is 5.11 Å². The molecule has 0 saturated heterocycles. The quantitative estimate of drug-likeness (QED) is 0.620. The van der Waals surface area contributed by atoms with Crippen molar-refractivity contribution in [1.82, 2.24) is 14.8 Å². The van der Waals surface area contributed by atoms with Gasteiger partial charge in [0.05, 0.1) is 11.9 Å². The highest BCUT2D eigenvalue weighted by molar-refractivity contribution is 7.12. The van der Waals surface area contributed by atoms with Gasteiger partial charge in [-0.05, 0) is 12.1 Å². The fourth-order valence-corrected chi connectivity index (χ4v) is 3.06. The van der Waals surface area contributed by atoms with Crippen LogP contribution in [0.25, 0.3) is 16.4 Å². The standard InChI is InChI=1S/C15H7F6N3O3S/c16-14(17,18)11-9(12(25)26)5-22-24(11)13-23-10(6-28-13)7-2-1-3-8(4-7)27-15(19,20)21/h1-6H,(H,25,26). The van der Waals surface area contributed by atoms with Crippen molar-refractivity contribution < 1.29 is 41.0 Å². The van der Waals surface area contributed by atoms with E-state index >= 15 is 0 Å². The van der Waals surface area contributed by atoms with Crippen LogP contribution in [0.15, 0.2) is 35.8 Å². The predicted molar refractivity (Wildman–Crippen MR) is 83.3 cm³/mol. The average molecular weight is 423 g/mol. The fraction of sp³-hybridized carbons (Fsp3) is 0.133. The molecule has 0 fully saturated rings. The maximum absolute atomic E-state index is 13.3. The lowest BCUT2D eigenvalue weighted by molar-refractivity contribution is -0.274. The van der Waals surface area contributed by atoms with Gasteiger partial charge >= 0.3 is 18.5 Å². The summed E-state index contributed by atoms with van der Waals surface area (Å²) in [6, 6.07) is 4.72. The lowest BCUT2D eigenvalue weighted by Gasteiger charge is -2.09. The van der Waals surface area contributed by atoms with Gasteiger partial charge in [0.15, 0.2) is 5.69 Å². The molecule has 0 aliphatic heterocycles. The molecule has 0 unspecified atom stereocenters. The lowest BCUT2D eigenvalue weighted by Crippen LogP contribution is -2.17. The molecule has 0 saturated carbocycles. The molecule has 0 aliphatic carbocycles. The highest BCUT2D eigenvalue weighted by Crippen LogP contribution is 2.35. The first-order valence-corrected chi connectivity index (χ1v) is 8.04. The zero-order chi connectivity index (χ0) is 20.7. The number of rotatable bonds is 4. The van der Waals surface area contributed by atoms with Crippen molar-refractivity contribution in [2.24, 2.45) is 0 Å². The number of hydrogen-bond donors (Lipinski definition) is 1. The maximum Gasteiger partial charge on any atom is 0.573 e. The number of thiazole rings is 1. The van der Waals surface area contributed by atoms with Gasteiger partial charge < -0.3 is 9.84 Å². The minimum atomic E-state index is -5.02. The van der Waals surface area contributed by atoms with E-state index in [0.29, 0.717) is 22.2 Å². The van der Waals surface area contributed by atoms with Crippen molar-refractivity contribution in [1.29, 1.82) is 0 Å². The topological polar surface area (TPSA) is 77.2 Å². The van der Waals surface area contributed by atoms with Crippen LogP contribution in [-0.4, -0.2) is 32.2 Å². The number of ether oxygens (including phenoxy) is 1. The Morgan fingerprint density at radius 1 is 1.18 bits per heavy atom. The van der Waals surface area contributed by atoms with Gasteiger partial charge in [-0.25, -0.2) is 14.5 Å². The number of carboxylic acid groups (broad SMARTS) is 1. The van der Waals surface area contributed by atoms with E-state index in [2.05, 4.69) is 14.8 Å². The first kappa shape index (κ1) is 19.7. The molecule has 0 spiro atoms. The fourth-order valence-electron chi connectivity index (χ4n) is 2.27. The molecule has 148 valence electrons. The van der Waals surface area contributed by atoms with Crippen molar-refractivity contribution >= 4 is 17.3 Å². The molecule has 3 aromatic rings. The Kier molecular flexibility index (Phi) is 4.79. The van der Waals surface area contributed by atoms with Crippen LogP contribution in [0.5, 0.6) is 5.75 Å². The Bertz CT molecular complexity index is 1020. The molecule has 2 aromatic heterocycles. The van der Waals surface area contributed by atoms with Gasteiger partial charge in [-0.15, -0.1) is 24.5 Å². The van der Waals surface area contributed by atoms with Crippen LogP contribution in [0.3, 0.4) is 0 Å². The highest BCUT2D eigenvalue weighted by atomic mass is 32.1. The Balaban J connectivity index is 2.00. The number of hydrogen-bond acceptors (Lipinski definition) is 5. The van der Waals surface area contributed by atoms with Gasteiger partial charge in [-0.1, -0.05) is 12.1 Å². The summed E-state index contributed by atoms with van der Waals surface area (Å²) in [6.45, 7) is 0. The number of carboxylic acids is 1. The zero-order valence-corrected chi connectivity index (χ0v) is 14.1. The first-order chi connectivity index (χ1) is 13.0. The Morgan fingerprint density at radius 2 is 1.89 bits per heavy atom. The molecule has 1 aromatic carbocycles. The Hall–Kier alpha value is -3.09. The van der Waals surface area contributed by atoms with Gasteiger partial charge in [-0.2, -0.15) is 18.3 Å². The second-order valence-corrected chi connectivity index (χ2v) is 6.05. The van der Waals surface area contributed by atoms with E-state index in [0.717, 1.165) is 12.1 Å². The number of halogens is 6. The van der Waals surface area contributed by atoms with Crippen molar-refractivity contribution in [3.63, 3.8) is 0 Å². The number of aromatic carboxylic acids is 1. The van der Waals surface area contributed by atoms with E-state index in [1.807, 2.05) is 0 Å². The molecule has 0 radical (unpaired) electrons. The minimum absolute atomic E-state index is 0.0631. The first-order valence-electron chi connectivity index (χ1n) is 7.16. The molecule has 28 heavy (non-hydrogen) atoms. The van der Waals surface area contributed by atoms with Gasteiger partial charge in [0.25, 0.3) is 0 Å². The molecule has 0 bridgehead atoms. The van der Waals surface area contributed by atoms with Gasteiger partial charge in [0.1, 0.15) is 11.3 Å². The Labute approximate surface area is 155 Å². The normalized spacial score (nSPS) is 12.2. The lowest BCUT2D eigenvalue weighted by atomic mass is 10.2. The maximum atomic E-state index is 13.3. The third kappa shape index (κ3) is 4.08. The van der Waals surface area contributed by atoms with Crippen molar-refractivity contribution in [2.75, 3.05) is 0 Å². The van der Waals surface area contributed by atoms with Crippen molar-refractivity contribution in [3.05, 3.63) is 47.1 Å². The molecular formula is C15H7F6N3O3S. The number of carbonyl (C=O) groups is 1. The van der Waals surface area contributed by atoms with E-state index in [-0.39, 0.29) is 16.4 Å². The van der Waals surface area contributed by atoms with E-state index in [1.165, 1.54) is 17.5 Å². The Morgan fingerprint density at radius 3 is 2.50 bits per heavy atom. The smallest absolute Gasteiger partial charge is 0.478 e. The van der Waals surface area contributed by atoms with E-state index < -0.39 is 35.5 Å². The third-order valence-electron chi connectivity index (χ3n) is 3.30. The second-order valence-electron chi connectivity index (χ2n) is 5.21. The molecule has 0 atom stereocenters. The summed E-state index contributed by atoms with van der Waals surface area (Å²) >= 11 is 0.705. The van der Waals surface area contributed by atoms with Crippen LogP contribution in [-0.2, 0) is 6.18 Å². The molecule has 0 aliphatic rings. The molecule has 6 nitrogen and oxygen atoms in total. The molecule has 2 heterocycles. The second kappa shape index (κ2) is 6.82. The predicted octanol–water partition coefficient (Wildman–Crippen LogP) is 4.61. The summed E-state index contributed by atoms with van der Waals surface area (Å²) in [5.74, 6) is -2.34. The van der Waals surface area contributed by atoms with Crippen LogP contribution >= 0.6 is 11.3 Å². The average Bonchev–Trinajstić information content (AvgIpc) is 3.20. The summed E-state index contributed by atoms with van der Waals surface area (Å²) in [6.07, 6.45) is -9.38. The molecule has 1 N–H and O–H groups in total. The molecule has 3 rings (SSSR count). The van der Waals surface area contributed by atoms with Crippen LogP contribution in [0.4, 0.5) is 26.3 Å². The molecular weight excluding hydrogens is 416 g/mol. The van der Waals surface area contributed by atoms with Gasteiger partial charge in [-0.3, -0.25) is 0 Å². The van der Waals surface area contributed by atoms with Crippen LogP contribution in [0.2, 0.25) is 0 Å². The summed E-state index contributed by atoms with van der Waals surface area (Å²) in [7, 11) is 0. The summed E-state index contributed by atoms with van der Waals surface area (Å²) < 4.78 is 80.9. The molecule has 13 heteroatoms. The van der Waals surface area contributed by atoms with Crippen LogP contribution in [0.1, 0.15) is 16.1 Å². The minimum Gasteiger partial charge on any atom is -0.478 e. The summed E-state index contributed by atoms with van der Waals surface area (Å²) in [5, 5.41) is 13.3. The highest BCUT2D eigenvalue weighted by Gasteiger charge is 2.41. The zero-order valence-electron chi connectivity index (χ0n) is 13.2. The number of benzene rings is 1. The number of nitrogens with zero attached hydrogens (tertiary/aromatic N) is 3. The molecule has 0 amide bonds. The van der Waals surface area contributed by atoms with Gasteiger partial charge in [0, 0.05) is 10.9 Å². The monoisotopic (exact) mass is 423 g/mol. The van der Waals surface area contributed by atoms with Crippen LogP contribution in [0, 0.1) is 0 Å². The summed E-state index contributed by atoms with van der Waals surface area (Å²) in [4.78, 5) is 14.9. The third-order valence-corrected chi connectivity index (χ3v) is 4.12.